The highest BCUT2D eigenvalue weighted by molar-refractivity contribution is 7.92. The van der Waals surface area contributed by atoms with Crippen LogP contribution in [0, 0.1) is 0 Å². The Labute approximate surface area is 176 Å². The van der Waals surface area contributed by atoms with Crippen LogP contribution in [0.5, 0.6) is 0 Å². The van der Waals surface area contributed by atoms with Gasteiger partial charge < -0.3 is 5.32 Å². The Hall–Kier alpha value is -2.83. The van der Waals surface area contributed by atoms with Gasteiger partial charge in [-0.2, -0.15) is 0 Å². The van der Waals surface area contributed by atoms with Gasteiger partial charge in [-0.3, -0.25) is 9.10 Å². The number of nitrogens with zero attached hydrogens (tertiary/aromatic N) is 1. The van der Waals surface area contributed by atoms with Gasteiger partial charge >= 0.3 is 0 Å². The molecule has 7 heteroatoms. The van der Waals surface area contributed by atoms with Crippen LogP contribution in [-0.4, -0.2) is 21.4 Å². The molecule has 0 heterocycles. The first-order valence-electron chi connectivity index (χ1n) is 8.99. The minimum Gasteiger partial charge on any atom is -0.346 e. The second kappa shape index (κ2) is 8.68. The summed E-state index contributed by atoms with van der Waals surface area (Å²) >= 11 is 5.89. The summed E-state index contributed by atoms with van der Waals surface area (Å²) in [5.41, 5.74) is 1.87. The predicted molar refractivity (Wildman–Crippen MR) is 116 cm³/mol. The van der Waals surface area contributed by atoms with E-state index in [2.05, 4.69) is 5.32 Å². The molecule has 0 aromatic heterocycles. The van der Waals surface area contributed by atoms with Gasteiger partial charge in [0.2, 0.25) is 0 Å². The summed E-state index contributed by atoms with van der Waals surface area (Å²) in [5, 5.41) is 3.53. The van der Waals surface area contributed by atoms with E-state index in [0.717, 1.165) is 5.56 Å². The lowest BCUT2D eigenvalue weighted by Gasteiger charge is -2.19. The fourth-order valence-electron chi connectivity index (χ4n) is 2.83. The van der Waals surface area contributed by atoms with E-state index in [-0.39, 0.29) is 16.8 Å². The number of sulfonamides is 1. The van der Waals surface area contributed by atoms with Crippen LogP contribution in [0.15, 0.2) is 83.8 Å². The lowest BCUT2D eigenvalue weighted by molar-refractivity contribution is 0.0940. The Morgan fingerprint density at radius 3 is 2.10 bits per heavy atom. The molecule has 1 unspecified atom stereocenters. The molecule has 29 heavy (non-hydrogen) atoms. The maximum Gasteiger partial charge on any atom is 0.264 e. The van der Waals surface area contributed by atoms with Gasteiger partial charge in [-0.15, -0.1) is 0 Å². The van der Waals surface area contributed by atoms with Gasteiger partial charge in [-0.05, 0) is 61.0 Å². The van der Waals surface area contributed by atoms with Gasteiger partial charge in [-0.1, -0.05) is 41.9 Å². The van der Waals surface area contributed by atoms with E-state index in [9.17, 15) is 13.2 Å². The highest BCUT2D eigenvalue weighted by Gasteiger charge is 2.21. The van der Waals surface area contributed by atoms with Crippen molar-refractivity contribution in [1.82, 2.24) is 5.32 Å². The van der Waals surface area contributed by atoms with E-state index in [4.69, 9.17) is 11.6 Å². The predicted octanol–water partition coefficient (Wildman–Crippen LogP) is 4.66. The van der Waals surface area contributed by atoms with E-state index >= 15 is 0 Å². The molecular formula is C22H21ClN2O3S. The van der Waals surface area contributed by atoms with Crippen molar-refractivity contribution in [3.05, 3.63) is 95.0 Å². The Morgan fingerprint density at radius 1 is 0.931 bits per heavy atom. The van der Waals surface area contributed by atoms with Crippen molar-refractivity contribution in [3.63, 3.8) is 0 Å². The number of hydrogen-bond acceptors (Lipinski definition) is 3. The molecule has 0 aliphatic carbocycles. The Bertz CT molecular complexity index is 1080. The number of amides is 1. The number of carbonyl (C=O) groups is 1. The lowest BCUT2D eigenvalue weighted by Crippen LogP contribution is -2.28. The Kier molecular flexibility index (Phi) is 6.25. The van der Waals surface area contributed by atoms with E-state index in [1.807, 2.05) is 25.1 Å². The van der Waals surface area contributed by atoms with Crippen LogP contribution in [-0.2, 0) is 10.0 Å². The molecule has 0 fully saturated rings. The first kappa shape index (κ1) is 20.9. The molecule has 150 valence electrons. The van der Waals surface area contributed by atoms with Crippen molar-refractivity contribution in [3.8, 4) is 0 Å². The zero-order valence-corrected chi connectivity index (χ0v) is 17.6. The molecule has 0 bridgehead atoms. The molecule has 0 saturated heterocycles. The molecule has 1 atom stereocenters. The average Bonchev–Trinajstić information content (AvgIpc) is 2.74. The fraction of sp³-hybridized carbons (Fsp3) is 0.136. The first-order valence-corrected chi connectivity index (χ1v) is 10.8. The molecule has 3 aromatic rings. The van der Waals surface area contributed by atoms with E-state index < -0.39 is 10.0 Å². The van der Waals surface area contributed by atoms with Gasteiger partial charge in [0.1, 0.15) is 0 Å². The third kappa shape index (κ3) is 4.78. The zero-order valence-electron chi connectivity index (χ0n) is 16.0. The maximum atomic E-state index is 12.8. The zero-order chi connectivity index (χ0) is 21.0. The summed E-state index contributed by atoms with van der Waals surface area (Å²) in [6, 6.07) is 21.7. The molecule has 0 aliphatic heterocycles. The number of anilines is 1. The summed E-state index contributed by atoms with van der Waals surface area (Å²) in [7, 11) is -2.22. The maximum absolute atomic E-state index is 12.8. The van der Waals surface area contributed by atoms with Gasteiger partial charge in [0, 0.05) is 17.6 Å². The van der Waals surface area contributed by atoms with Crippen LogP contribution in [0.25, 0.3) is 0 Å². The smallest absolute Gasteiger partial charge is 0.264 e. The molecule has 1 N–H and O–H groups in total. The molecule has 0 spiro atoms. The minimum atomic E-state index is -3.72. The summed E-state index contributed by atoms with van der Waals surface area (Å²) < 4.78 is 26.9. The van der Waals surface area contributed by atoms with Crippen LogP contribution < -0.4 is 9.62 Å². The van der Waals surface area contributed by atoms with Crippen molar-refractivity contribution in [2.45, 2.75) is 17.9 Å². The topological polar surface area (TPSA) is 66.5 Å². The third-order valence-electron chi connectivity index (χ3n) is 4.61. The largest absolute Gasteiger partial charge is 0.346 e. The average molecular weight is 429 g/mol. The molecule has 0 radical (unpaired) electrons. The normalized spacial score (nSPS) is 12.2. The number of para-hydroxylation sites is 1. The third-order valence-corrected chi connectivity index (χ3v) is 6.66. The first-order chi connectivity index (χ1) is 13.8. The molecule has 5 nitrogen and oxygen atoms in total. The monoisotopic (exact) mass is 428 g/mol. The number of rotatable bonds is 6. The van der Waals surface area contributed by atoms with Crippen LogP contribution in [0.1, 0.15) is 28.9 Å². The van der Waals surface area contributed by atoms with Crippen molar-refractivity contribution >= 4 is 33.2 Å². The van der Waals surface area contributed by atoms with Crippen molar-refractivity contribution in [2.75, 3.05) is 11.4 Å². The van der Waals surface area contributed by atoms with Crippen LogP contribution >= 0.6 is 11.6 Å². The van der Waals surface area contributed by atoms with Gasteiger partial charge in [0.05, 0.1) is 16.6 Å². The molecule has 0 aliphatic rings. The number of benzene rings is 3. The second-order valence-corrected chi connectivity index (χ2v) is 8.98. The molecular weight excluding hydrogens is 408 g/mol. The molecule has 3 rings (SSSR count). The highest BCUT2D eigenvalue weighted by Crippen LogP contribution is 2.22. The van der Waals surface area contributed by atoms with Crippen LogP contribution in [0.3, 0.4) is 0 Å². The summed E-state index contributed by atoms with van der Waals surface area (Å²) in [5.74, 6) is -0.284. The minimum absolute atomic E-state index is 0.117. The molecule has 1 amide bonds. The fourth-order valence-corrected chi connectivity index (χ4v) is 4.15. The van der Waals surface area contributed by atoms with E-state index in [1.54, 1.807) is 36.4 Å². The molecule has 0 saturated carbocycles. The van der Waals surface area contributed by atoms with E-state index in [1.165, 1.54) is 35.6 Å². The number of nitrogens with one attached hydrogen (secondary N) is 1. The van der Waals surface area contributed by atoms with Crippen LogP contribution in [0.4, 0.5) is 5.69 Å². The van der Waals surface area contributed by atoms with Crippen LogP contribution in [0.2, 0.25) is 5.02 Å². The summed E-state index contributed by atoms with van der Waals surface area (Å²) in [4.78, 5) is 12.6. The lowest BCUT2D eigenvalue weighted by atomic mass is 10.1. The van der Waals surface area contributed by atoms with Crippen molar-refractivity contribution < 1.29 is 13.2 Å². The summed E-state index contributed by atoms with van der Waals surface area (Å²) in [6.07, 6.45) is 0. The quantitative estimate of drug-likeness (QED) is 0.621. The second-order valence-electron chi connectivity index (χ2n) is 6.58. The van der Waals surface area contributed by atoms with Gasteiger partial charge in [-0.25, -0.2) is 8.42 Å². The Morgan fingerprint density at radius 2 is 1.52 bits per heavy atom. The van der Waals surface area contributed by atoms with Gasteiger partial charge in [0.25, 0.3) is 15.9 Å². The summed E-state index contributed by atoms with van der Waals surface area (Å²) in [6.45, 7) is 1.87. The van der Waals surface area contributed by atoms with Crippen molar-refractivity contribution in [2.24, 2.45) is 0 Å². The number of hydrogen-bond donors (Lipinski definition) is 1. The van der Waals surface area contributed by atoms with Gasteiger partial charge in [0.15, 0.2) is 0 Å². The van der Waals surface area contributed by atoms with E-state index in [0.29, 0.717) is 16.3 Å². The highest BCUT2D eigenvalue weighted by atomic mass is 35.5. The Balaban J connectivity index is 1.73. The SMILES string of the molecule is CC(NC(=O)c1ccc(S(=O)(=O)N(C)c2ccccc2)cc1)c1ccc(Cl)cc1. The molecule has 3 aromatic carbocycles. The van der Waals surface area contributed by atoms with Crippen molar-refractivity contribution in [1.29, 1.82) is 0 Å². The standard InChI is InChI=1S/C22H21ClN2O3S/c1-16(17-8-12-19(23)13-9-17)24-22(26)18-10-14-21(15-11-18)29(27,28)25(2)20-6-4-3-5-7-20/h3-16H,1-2H3,(H,24,26). The number of halogens is 1. The number of carbonyl (C=O) groups excluding carboxylic acids is 1.